The molecule has 1 aliphatic heterocycles. The summed E-state index contributed by atoms with van der Waals surface area (Å²) in [5.74, 6) is 0.509. The molecule has 6 atom stereocenters. The molecular formula is C24H36O7. The van der Waals surface area contributed by atoms with Gasteiger partial charge in [-0.25, -0.2) is 0 Å². The molecule has 5 N–H and O–H groups in total. The van der Waals surface area contributed by atoms with Crippen molar-refractivity contribution in [1.82, 2.24) is 0 Å². The maximum atomic E-state index is 10.9. The average molecular weight is 437 g/mol. The fraction of sp³-hybridized carbons (Fsp3) is 0.667. The van der Waals surface area contributed by atoms with Crippen molar-refractivity contribution in [2.75, 3.05) is 6.61 Å². The minimum atomic E-state index is -1.52. The van der Waals surface area contributed by atoms with Gasteiger partial charge in [-0.3, -0.25) is 0 Å². The number of aliphatic hydroxyl groups is 4. The number of benzene rings is 1. The van der Waals surface area contributed by atoms with Gasteiger partial charge in [0.2, 0.25) is 6.29 Å². The van der Waals surface area contributed by atoms with Crippen LogP contribution < -0.4 is 4.74 Å². The van der Waals surface area contributed by atoms with Gasteiger partial charge < -0.3 is 35.0 Å². The number of phenols is 1. The number of hydrogen-bond donors (Lipinski definition) is 5. The second-order valence-electron chi connectivity index (χ2n) is 8.81. The maximum absolute atomic E-state index is 10.9. The predicted molar refractivity (Wildman–Crippen MR) is 116 cm³/mol. The van der Waals surface area contributed by atoms with E-state index in [0.29, 0.717) is 11.3 Å². The summed E-state index contributed by atoms with van der Waals surface area (Å²) in [5.41, 5.74) is 2.81. The van der Waals surface area contributed by atoms with E-state index in [1.54, 1.807) is 6.07 Å². The second kappa shape index (κ2) is 10.8. The number of aryl methyl sites for hydroxylation is 1. The van der Waals surface area contributed by atoms with Crippen LogP contribution in [0.3, 0.4) is 0 Å². The highest BCUT2D eigenvalue weighted by atomic mass is 16.7. The van der Waals surface area contributed by atoms with Crippen LogP contribution in [0.2, 0.25) is 0 Å². The van der Waals surface area contributed by atoms with Crippen molar-refractivity contribution < 1.29 is 35.0 Å². The van der Waals surface area contributed by atoms with Gasteiger partial charge in [-0.2, -0.15) is 0 Å². The van der Waals surface area contributed by atoms with Gasteiger partial charge in [0.1, 0.15) is 35.9 Å². The standard InChI is InChI=1S/C24H36O7/c1-3-4-5-8-15-11-17(26)20(16-9-6-7-14(2)10-16)18(12-15)30-24-23(29)22(28)21(27)19(13-25)31-24/h10-12,16,19,21-29H,3-9,13H2,1-2H3/t16-,19+,21+,22-,23+,24+/m0/s1. The van der Waals surface area contributed by atoms with Crippen molar-refractivity contribution in [2.45, 2.75) is 95.4 Å². The van der Waals surface area contributed by atoms with Crippen molar-refractivity contribution in [3.63, 3.8) is 0 Å². The molecule has 0 amide bonds. The zero-order chi connectivity index (χ0) is 22.5. The normalized spacial score (nSPS) is 31.4. The Morgan fingerprint density at radius 2 is 1.87 bits per heavy atom. The van der Waals surface area contributed by atoms with E-state index in [1.165, 1.54) is 5.57 Å². The van der Waals surface area contributed by atoms with Gasteiger partial charge in [0.05, 0.1) is 6.61 Å². The lowest BCUT2D eigenvalue weighted by molar-refractivity contribution is -0.277. The molecule has 7 nitrogen and oxygen atoms in total. The number of phenolic OH excluding ortho intramolecular Hbond substituents is 1. The molecule has 1 fully saturated rings. The summed E-state index contributed by atoms with van der Waals surface area (Å²) < 4.78 is 11.6. The van der Waals surface area contributed by atoms with E-state index in [2.05, 4.69) is 19.9 Å². The number of aromatic hydroxyl groups is 1. The van der Waals surface area contributed by atoms with E-state index in [4.69, 9.17) is 9.47 Å². The van der Waals surface area contributed by atoms with E-state index in [9.17, 15) is 25.5 Å². The van der Waals surface area contributed by atoms with Gasteiger partial charge in [0.25, 0.3) is 0 Å². The number of hydrogen-bond acceptors (Lipinski definition) is 7. The summed E-state index contributed by atoms with van der Waals surface area (Å²) in [6, 6.07) is 3.65. The summed E-state index contributed by atoms with van der Waals surface area (Å²) in [6.45, 7) is 3.68. The Kier molecular flexibility index (Phi) is 8.36. The van der Waals surface area contributed by atoms with E-state index in [1.807, 2.05) is 6.07 Å². The van der Waals surface area contributed by atoms with Crippen molar-refractivity contribution in [1.29, 1.82) is 0 Å². The Balaban J connectivity index is 1.94. The molecule has 31 heavy (non-hydrogen) atoms. The summed E-state index contributed by atoms with van der Waals surface area (Å²) >= 11 is 0. The minimum absolute atomic E-state index is 0.0293. The lowest BCUT2D eigenvalue weighted by atomic mass is 9.84. The molecule has 2 aliphatic rings. The molecule has 1 saturated heterocycles. The predicted octanol–water partition coefficient (Wildman–Crippen LogP) is 2.52. The number of ether oxygens (including phenoxy) is 2. The van der Waals surface area contributed by atoms with Crippen LogP contribution in [0.15, 0.2) is 23.8 Å². The molecule has 1 aliphatic carbocycles. The molecule has 0 radical (unpaired) electrons. The SMILES string of the molecule is CCCCCc1cc(O)c([C@@H]2C=C(C)CCC2)c(O[C@@H]2O[C@H](CO)[C@@H](O)[C@H](O)[C@H]2O)c1. The number of aliphatic hydroxyl groups excluding tert-OH is 4. The third kappa shape index (κ3) is 5.59. The van der Waals surface area contributed by atoms with Gasteiger partial charge >= 0.3 is 0 Å². The molecule has 0 aromatic heterocycles. The molecule has 1 aromatic rings. The molecule has 7 heteroatoms. The first-order valence-electron chi connectivity index (χ1n) is 11.4. The Morgan fingerprint density at radius 1 is 1.10 bits per heavy atom. The number of allylic oxidation sites excluding steroid dienone is 2. The van der Waals surface area contributed by atoms with Crippen molar-refractivity contribution in [2.24, 2.45) is 0 Å². The lowest BCUT2D eigenvalue weighted by Crippen LogP contribution is -2.60. The highest BCUT2D eigenvalue weighted by Gasteiger charge is 2.45. The monoisotopic (exact) mass is 436 g/mol. The number of unbranched alkanes of at least 4 members (excludes halogenated alkanes) is 2. The second-order valence-corrected chi connectivity index (χ2v) is 8.81. The van der Waals surface area contributed by atoms with Crippen LogP contribution in [0.25, 0.3) is 0 Å². The van der Waals surface area contributed by atoms with Crippen molar-refractivity contribution in [3.8, 4) is 11.5 Å². The summed E-state index contributed by atoms with van der Waals surface area (Å²) in [6.07, 6.45) is 2.16. The molecule has 0 spiro atoms. The fourth-order valence-corrected chi connectivity index (χ4v) is 4.49. The van der Waals surface area contributed by atoms with Gasteiger partial charge in [-0.1, -0.05) is 31.4 Å². The Bertz CT molecular complexity index is 761. The molecule has 1 heterocycles. The lowest BCUT2D eigenvalue weighted by Gasteiger charge is -2.40. The van der Waals surface area contributed by atoms with E-state index in [0.717, 1.165) is 50.5 Å². The van der Waals surface area contributed by atoms with Crippen molar-refractivity contribution >= 4 is 0 Å². The average Bonchev–Trinajstić information content (AvgIpc) is 2.74. The van der Waals surface area contributed by atoms with Crippen LogP contribution >= 0.6 is 0 Å². The van der Waals surface area contributed by atoms with E-state index >= 15 is 0 Å². The van der Waals surface area contributed by atoms with E-state index < -0.39 is 37.3 Å². The summed E-state index contributed by atoms with van der Waals surface area (Å²) in [4.78, 5) is 0. The molecule has 174 valence electrons. The zero-order valence-corrected chi connectivity index (χ0v) is 18.4. The fourth-order valence-electron chi connectivity index (χ4n) is 4.49. The summed E-state index contributed by atoms with van der Waals surface area (Å²) in [7, 11) is 0. The number of rotatable bonds is 8. The first-order valence-corrected chi connectivity index (χ1v) is 11.4. The van der Waals surface area contributed by atoms with Gasteiger partial charge in [0, 0.05) is 11.5 Å². The van der Waals surface area contributed by atoms with Crippen LogP contribution in [0, 0.1) is 0 Å². The quantitative estimate of drug-likeness (QED) is 0.314. The van der Waals surface area contributed by atoms with Crippen LogP contribution in [-0.4, -0.2) is 62.8 Å². The summed E-state index contributed by atoms with van der Waals surface area (Å²) in [5, 5.41) is 51.0. The van der Waals surface area contributed by atoms with Gasteiger partial charge in [-0.15, -0.1) is 0 Å². The Labute approximate surface area is 183 Å². The van der Waals surface area contributed by atoms with Gasteiger partial charge in [-0.05, 0) is 56.7 Å². The van der Waals surface area contributed by atoms with Crippen LogP contribution in [0.4, 0.5) is 0 Å². The maximum Gasteiger partial charge on any atom is 0.229 e. The largest absolute Gasteiger partial charge is 0.507 e. The highest BCUT2D eigenvalue weighted by Crippen LogP contribution is 2.43. The van der Waals surface area contributed by atoms with Crippen LogP contribution in [0.5, 0.6) is 11.5 Å². The molecule has 0 unspecified atom stereocenters. The third-order valence-corrected chi connectivity index (χ3v) is 6.28. The minimum Gasteiger partial charge on any atom is -0.507 e. The van der Waals surface area contributed by atoms with Crippen molar-refractivity contribution in [3.05, 3.63) is 34.9 Å². The highest BCUT2D eigenvalue weighted by molar-refractivity contribution is 5.51. The molecule has 0 saturated carbocycles. The Morgan fingerprint density at radius 3 is 2.55 bits per heavy atom. The molecule has 3 rings (SSSR count). The smallest absolute Gasteiger partial charge is 0.229 e. The first kappa shape index (κ1) is 24.0. The topological polar surface area (TPSA) is 120 Å². The third-order valence-electron chi connectivity index (χ3n) is 6.28. The van der Waals surface area contributed by atoms with Crippen LogP contribution in [-0.2, 0) is 11.2 Å². The Hall–Kier alpha value is -1.64. The molecule has 1 aromatic carbocycles. The van der Waals surface area contributed by atoms with E-state index in [-0.39, 0.29) is 11.7 Å². The van der Waals surface area contributed by atoms with Gasteiger partial charge in [0.15, 0.2) is 0 Å². The molecule has 0 bridgehead atoms. The molecular weight excluding hydrogens is 400 g/mol. The van der Waals surface area contributed by atoms with Crippen LogP contribution in [0.1, 0.15) is 69.4 Å². The first-order chi connectivity index (χ1) is 14.8. The zero-order valence-electron chi connectivity index (χ0n) is 18.4.